The highest BCUT2D eigenvalue weighted by Crippen LogP contribution is 2.23. The molecule has 2 aliphatic rings. The number of carbonyl (C=O) groups is 13. The molecular weight excluding hydrogens is 1080 g/mol. The zero-order chi connectivity index (χ0) is 61.5. The van der Waals surface area contributed by atoms with Gasteiger partial charge in [-0.1, -0.05) is 96.0 Å². The Bertz CT molecular complexity index is 2450. The molecule has 2 saturated heterocycles. The summed E-state index contributed by atoms with van der Waals surface area (Å²) in [7, 11) is 2.03. The topological polar surface area (TPSA) is 469 Å². The van der Waals surface area contributed by atoms with E-state index >= 15 is 0 Å². The highest BCUT2D eigenvalue weighted by molar-refractivity contribution is 6.00. The summed E-state index contributed by atoms with van der Waals surface area (Å²) >= 11 is 0. The van der Waals surface area contributed by atoms with Crippen molar-refractivity contribution in [3.8, 4) is 0 Å². The van der Waals surface area contributed by atoms with E-state index in [4.69, 9.17) is 26.8 Å². The molecule has 82 heavy (non-hydrogen) atoms. The molecule has 456 valence electrons. The van der Waals surface area contributed by atoms with E-state index in [9.17, 15) is 82.8 Å². The summed E-state index contributed by atoms with van der Waals surface area (Å²) < 4.78 is 5.43. The Labute approximate surface area is 473 Å². The molecule has 1 aromatic carbocycles. The first-order valence-corrected chi connectivity index (χ1v) is 26.9. The summed E-state index contributed by atoms with van der Waals surface area (Å²) in [6.45, 7) is 3.12. The number of hydroxylamine groups is 2. The predicted molar refractivity (Wildman–Crippen MR) is 284 cm³/mol. The minimum atomic E-state index is -2.33. The number of cyclic esters (lactones) is 1. The molecule has 0 spiro atoms. The smallest absolute Gasteiger partial charge is 0.329 e. The lowest BCUT2D eigenvalue weighted by molar-refractivity contribution is -0.307. The van der Waals surface area contributed by atoms with Gasteiger partial charge in [0.05, 0.1) is 38.4 Å². The summed E-state index contributed by atoms with van der Waals surface area (Å²) in [6.07, 6.45) is -1.68. The van der Waals surface area contributed by atoms with Crippen molar-refractivity contribution in [1.29, 1.82) is 0 Å². The molecule has 1 aromatic rings. The van der Waals surface area contributed by atoms with Crippen LogP contribution in [0.4, 0.5) is 0 Å². The first-order valence-electron chi connectivity index (χ1n) is 26.9. The second-order valence-corrected chi connectivity index (χ2v) is 20.8. The van der Waals surface area contributed by atoms with Crippen LogP contribution < -0.4 is 43.8 Å². The van der Waals surface area contributed by atoms with Crippen molar-refractivity contribution in [1.82, 2.24) is 41.4 Å². The number of ether oxygens (including phenoxy) is 1. The van der Waals surface area contributed by atoms with E-state index in [0.29, 0.717) is 34.3 Å². The van der Waals surface area contributed by atoms with Crippen molar-refractivity contribution < 1.29 is 92.3 Å². The number of rotatable bonds is 24. The Kier molecular flexibility index (Phi) is 27.7. The zero-order valence-corrected chi connectivity index (χ0v) is 46.6. The monoisotopic (exact) mass is 1160 g/mol. The number of nitrogens with two attached hydrogens (primary N) is 3. The van der Waals surface area contributed by atoms with Gasteiger partial charge < -0.3 is 78.7 Å². The number of carboxylic acid groups (broad SMARTS) is 2. The van der Waals surface area contributed by atoms with E-state index in [1.807, 2.05) is 0 Å². The summed E-state index contributed by atoms with van der Waals surface area (Å²) in [6, 6.07) is -8.20. The zero-order valence-electron chi connectivity index (χ0n) is 46.6. The molecule has 0 aliphatic carbocycles. The van der Waals surface area contributed by atoms with E-state index in [1.165, 1.54) is 12.1 Å². The van der Waals surface area contributed by atoms with Crippen molar-refractivity contribution in [3.05, 3.63) is 35.9 Å². The van der Waals surface area contributed by atoms with Crippen LogP contribution >= 0.6 is 0 Å². The summed E-state index contributed by atoms with van der Waals surface area (Å²) in [5.74, 6) is -18.0. The van der Waals surface area contributed by atoms with Gasteiger partial charge >= 0.3 is 17.9 Å². The van der Waals surface area contributed by atoms with Gasteiger partial charge in [0.15, 0.2) is 12.3 Å². The van der Waals surface area contributed by atoms with Crippen molar-refractivity contribution in [2.45, 2.75) is 171 Å². The van der Waals surface area contributed by atoms with E-state index in [2.05, 4.69) is 40.4 Å². The fourth-order valence-corrected chi connectivity index (χ4v) is 9.03. The van der Waals surface area contributed by atoms with Gasteiger partial charge in [0, 0.05) is 26.9 Å². The minimum Gasteiger partial charge on any atom is -0.481 e. The van der Waals surface area contributed by atoms with E-state index in [1.54, 1.807) is 18.2 Å². The molecule has 30 nitrogen and oxygen atoms in total. The van der Waals surface area contributed by atoms with Crippen LogP contribution in [0.3, 0.4) is 0 Å². The molecule has 0 aromatic heterocycles. The van der Waals surface area contributed by atoms with Crippen molar-refractivity contribution in [2.24, 2.45) is 29.0 Å². The number of amides is 10. The maximum Gasteiger partial charge on any atom is 0.329 e. The van der Waals surface area contributed by atoms with Crippen molar-refractivity contribution in [3.63, 3.8) is 0 Å². The number of hydrogen-bond acceptors (Lipinski definition) is 18. The average Bonchev–Trinajstić information content (AvgIpc) is 3.55. The number of aliphatic carboxylic acids is 2. The third-order valence-corrected chi connectivity index (χ3v) is 13.7. The number of nitrogens with one attached hydrogen (secondary N) is 5. The van der Waals surface area contributed by atoms with Gasteiger partial charge in [0.1, 0.15) is 48.9 Å². The van der Waals surface area contributed by atoms with Crippen LogP contribution in [0.2, 0.25) is 0 Å². The van der Waals surface area contributed by atoms with Crippen LogP contribution in [-0.4, -0.2) is 200 Å². The van der Waals surface area contributed by atoms with E-state index in [0.717, 1.165) is 64.4 Å². The van der Waals surface area contributed by atoms with Crippen LogP contribution in [0, 0.1) is 11.8 Å². The van der Waals surface area contributed by atoms with Gasteiger partial charge in [0.2, 0.25) is 53.2 Å². The number of primary amides is 2. The fraction of sp³-hybridized carbons (Fsp3) is 0.635. The lowest BCUT2D eigenvalue weighted by atomic mass is 9.97. The SMILES string of the molecule is CC(C)CCCCCCCCCC(=O)N[C@H]1COC(=O)[C@H]([C@H](C)CC(=O)O)NC(=O)[C@H]([C@H](O)CC(N)=O)NC(=O)[C@H](CC(N)=O)N(C)C(=O)[C@H](Cc2ccccc2)N(C)C(=O)[C@H](CC(=O)O)NC(=O)[C@@H]2[C@@H](N)ON2C(=O)[C@H](CO)NC1=O. The molecule has 0 radical (unpaired) electrons. The normalized spacial score (nSPS) is 24.7. The Morgan fingerprint density at radius 3 is 1.83 bits per heavy atom. The number of aliphatic hydroxyl groups excluding tert-OH is 2. The molecule has 30 heteroatoms. The molecule has 3 rings (SSSR count). The number of carboxylic acids is 2. The Morgan fingerprint density at radius 1 is 0.683 bits per heavy atom. The maximum atomic E-state index is 14.8. The van der Waals surface area contributed by atoms with Crippen LogP contribution in [0.15, 0.2) is 30.3 Å². The third kappa shape index (κ3) is 21.2. The molecular formula is C52H79N11O19. The summed E-state index contributed by atoms with van der Waals surface area (Å²) in [5.41, 5.74) is 17.2. The number of benzene rings is 1. The first kappa shape index (κ1) is 68.4. The van der Waals surface area contributed by atoms with Crippen molar-refractivity contribution >= 4 is 77.0 Å². The number of fused-ring (bicyclic) bond motifs is 1. The number of likely N-dealkylation sites (N-methyl/N-ethyl adjacent to an activating group) is 2. The molecule has 10 amide bonds. The quantitative estimate of drug-likeness (QED) is 0.0348. The predicted octanol–water partition coefficient (Wildman–Crippen LogP) is -3.85. The largest absolute Gasteiger partial charge is 0.481 e. The van der Waals surface area contributed by atoms with Gasteiger partial charge in [0.25, 0.3) is 5.91 Å². The molecule has 0 saturated carbocycles. The first-order chi connectivity index (χ1) is 38.6. The second kappa shape index (κ2) is 33.2. The molecule has 0 bridgehead atoms. The van der Waals surface area contributed by atoms with E-state index in [-0.39, 0.29) is 12.8 Å². The third-order valence-electron chi connectivity index (χ3n) is 13.7. The highest BCUT2D eigenvalue weighted by atomic mass is 16.7. The second-order valence-electron chi connectivity index (χ2n) is 20.8. The van der Waals surface area contributed by atoms with Crippen LogP contribution in [-0.2, 0) is 78.3 Å². The molecule has 0 unspecified atom stereocenters. The molecule has 11 atom stereocenters. The average molecular weight is 1160 g/mol. The Hall–Kier alpha value is -7.83. The summed E-state index contributed by atoms with van der Waals surface area (Å²) in [4.78, 5) is 183. The van der Waals surface area contributed by atoms with Crippen LogP contribution in [0.1, 0.15) is 110 Å². The van der Waals surface area contributed by atoms with Gasteiger partial charge in [-0.3, -0.25) is 57.5 Å². The standard InChI is InChI=1S/C52H79N11O19/c1-27(2)16-12-9-7-6-8-10-15-19-38(68)56-32-26-81-52(80)41(28(3)20-39(69)70)59-47(75)42(35(65)24-37(54)67)60-46(74)33(23-36(53)66)61(4)51(79)34(21-29-17-13-11-14-18-29)62(5)49(77)30(22-40(71)72)57-48(76)43-44(55)82-63(43)50(78)31(25-64)58-45(32)73/h11,13-14,17-18,27-28,30-35,41-44,64-65H,6-10,12,15-16,19-26,55H2,1-5H3,(H2,53,66)(H2,54,67)(H,56,68)(H,57,76)(H,58,73)(H,59,75)(H,60,74)(H,69,70)(H,71,72)/t28-,30+,31+,32+,33+,34+,35-,41+,42+,43+,44+/m1/s1. The number of nitrogens with zero attached hydrogens (tertiary/aromatic N) is 3. The molecule has 15 N–H and O–H groups in total. The number of esters is 1. The van der Waals surface area contributed by atoms with Gasteiger partial charge in [-0.2, -0.15) is 0 Å². The van der Waals surface area contributed by atoms with Crippen LogP contribution in [0.5, 0.6) is 0 Å². The number of carbonyl (C=O) groups excluding carboxylic acids is 11. The summed E-state index contributed by atoms with van der Waals surface area (Å²) in [5, 5.41) is 52.8. The van der Waals surface area contributed by atoms with Crippen molar-refractivity contribution in [2.75, 3.05) is 27.3 Å². The van der Waals surface area contributed by atoms with Gasteiger partial charge in [-0.15, -0.1) is 0 Å². The van der Waals surface area contributed by atoms with Gasteiger partial charge in [-0.25, -0.2) is 14.7 Å². The van der Waals surface area contributed by atoms with E-state index < -0.39 is 182 Å². The number of aliphatic hydroxyl groups is 2. The molecule has 2 fully saturated rings. The van der Waals surface area contributed by atoms with Crippen LogP contribution in [0.25, 0.3) is 0 Å². The Balaban J connectivity index is 2.21. The lowest BCUT2D eigenvalue weighted by Crippen LogP contribution is -2.73. The number of unbranched alkanes of at least 4 members (excludes halogenated alkanes) is 6. The minimum absolute atomic E-state index is 0.155. The fourth-order valence-electron chi connectivity index (χ4n) is 9.03. The van der Waals surface area contributed by atoms with Gasteiger partial charge in [-0.05, 0) is 23.8 Å². The maximum absolute atomic E-state index is 14.8. The number of hydrogen-bond donors (Lipinski definition) is 12. The highest BCUT2D eigenvalue weighted by Gasteiger charge is 2.51. The lowest BCUT2D eigenvalue weighted by Gasteiger charge is -2.44. The molecule has 2 aliphatic heterocycles. The Morgan fingerprint density at radius 2 is 1.27 bits per heavy atom. The molecule has 2 heterocycles.